The zero-order valence-electron chi connectivity index (χ0n) is 9.15. The zero-order chi connectivity index (χ0) is 11.3. The van der Waals surface area contributed by atoms with Gasteiger partial charge in [0.15, 0.2) is 0 Å². The first-order valence-corrected chi connectivity index (χ1v) is 5.77. The smallest absolute Gasteiger partial charge is 0.306 e. The topological polar surface area (TPSA) is 52.3 Å². The molecule has 1 atom stereocenters. The minimum absolute atomic E-state index is 0.177. The van der Waals surface area contributed by atoms with Crippen LogP contribution in [-0.4, -0.2) is 23.5 Å². The molecule has 0 aliphatic carbocycles. The van der Waals surface area contributed by atoms with Crippen molar-refractivity contribution in [3.8, 4) is 0 Å². The third kappa shape index (κ3) is 4.38. The van der Waals surface area contributed by atoms with Gasteiger partial charge in [-0.2, -0.15) is 11.8 Å². The van der Waals surface area contributed by atoms with Crippen LogP contribution in [0.3, 0.4) is 0 Å². The van der Waals surface area contributed by atoms with Crippen LogP contribution in [0.2, 0.25) is 0 Å². The molecular formula is C10H15NO3S. The normalized spacial score (nSPS) is 12.5. The Hall–Kier alpha value is -0.970. The Morgan fingerprint density at radius 3 is 3.00 bits per heavy atom. The second-order valence-corrected chi connectivity index (χ2v) is 4.76. The molecule has 0 radical (unpaired) electrons. The van der Waals surface area contributed by atoms with Gasteiger partial charge in [-0.1, -0.05) is 12.1 Å². The first kappa shape index (κ1) is 12.1. The molecule has 4 nitrogen and oxygen atoms in total. The van der Waals surface area contributed by atoms with Gasteiger partial charge in [-0.3, -0.25) is 4.79 Å². The van der Waals surface area contributed by atoms with E-state index in [4.69, 9.17) is 4.52 Å². The molecule has 15 heavy (non-hydrogen) atoms. The van der Waals surface area contributed by atoms with Crippen molar-refractivity contribution in [2.75, 3.05) is 7.11 Å². The fraction of sp³-hybridized carbons (Fsp3) is 0.600. The number of aromatic nitrogens is 1. The maximum atomic E-state index is 11.0. The second-order valence-electron chi connectivity index (χ2n) is 3.34. The number of thioether (sulfide) groups is 1. The van der Waals surface area contributed by atoms with Gasteiger partial charge in [-0.05, 0) is 6.92 Å². The lowest BCUT2D eigenvalue weighted by Crippen LogP contribution is -2.08. The number of nitrogens with zero attached hydrogens (tertiary/aromatic N) is 1. The lowest BCUT2D eigenvalue weighted by molar-refractivity contribution is -0.140. The van der Waals surface area contributed by atoms with E-state index in [1.165, 1.54) is 7.11 Å². The summed E-state index contributed by atoms with van der Waals surface area (Å²) in [7, 11) is 1.40. The molecule has 1 unspecified atom stereocenters. The Kier molecular flexibility index (Phi) is 4.68. The number of aryl methyl sites for hydroxylation is 1. The summed E-state index contributed by atoms with van der Waals surface area (Å²) in [5.41, 5.74) is 0.881. The maximum Gasteiger partial charge on any atom is 0.306 e. The van der Waals surface area contributed by atoms with Crippen LogP contribution < -0.4 is 0 Å². The highest BCUT2D eigenvalue weighted by Gasteiger charge is 2.11. The van der Waals surface area contributed by atoms with E-state index in [0.717, 1.165) is 17.2 Å². The monoisotopic (exact) mass is 229 g/mol. The van der Waals surface area contributed by atoms with Crippen molar-refractivity contribution in [3.63, 3.8) is 0 Å². The summed E-state index contributed by atoms with van der Waals surface area (Å²) >= 11 is 1.65. The molecule has 0 aliphatic heterocycles. The number of methoxy groups -OCH3 is 1. The Labute approximate surface area is 93.3 Å². The quantitative estimate of drug-likeness (QED) is 0.724. The number of carbonyl (C=O) groups excluding carboxylic acids is 1. The predicted octanol–water partition coefficient (Wildman–Crippen LogP) is 2.17. The molecule has 0 saturated carbocycles. The molecule has 84 valence electrons. The van der Waals surface area contributed by atoms with E-state index in [9.17, 15) is 4.79 Å². The lowest BCUT2D eigenvalue weighted by Gasteiger charge is -2.07. The average molecular weight is 229 g/mol. The molecule has 0 spiro atoms. The molecule has 0 saturated heterocycles. The summed E-state index contributed by atoms with van der Waals surface area (Å²) in [6.07, 6.45) is 0.425. The molecule has 0 fully saturated rings. The van der Waals surface area contributed by atoms with Crippen molar-refractivity contribution in [3.05, 3.63) is 17.5 Å². The minimum atomic E-state index is -0.177. The van der Waals surface area contributed by atoms with Crippen LogP contribution in [0.5, 0.6) is 0 Å². The molecule has 0 bridgehead atoms. The third-order valence-electron chi connectivity index (χ3n) is 1.87. The van der Waals surface area contributed by atoms with Gasteiger partial charge in [0.05, 0.1) is 25.0 Å². The van der Waals surface area contributed by atoms with Crippen molar-refractivity contribution < 1.29 is 14.1 Å². The van der Waals surface area contributed by atoms with Crippen LogP contribution in [-0.2, 0) is 15.3 Å². The molecule has 0 amide bonds. The molecular weight excluding hydrogens is 214 g/mol. The summed E-state index contributed by atoms with van der Waals surface area (Å²) in [5.74, 6) is 1.40. The fourth-order valence-electron chi connectivity index (χ4n) is 1.09. The van der Waals surface area contributed by atoms with E-state index in [1.807, 2.05) is 19.9 Å². The van der Waals surface area contributed by atoms with E-state index in [0.29, 0.717) is 6.42 Å². The van der Waals surface area contributed by atoms with Crippen molar-refractivity contribution in [1.82, 2.24) is 5.16 Å². The fourth-order valence-corrected chi connectivity index (χ4v) is 1.92. The largest absolute Gasteiger partial charge is 0.469 e. The second kappa shape index (κ2) is 5.80. The maximum absolute atomic E-state index is 11.0. The SMILES string of the molecule is COC(=O)CC(C)SCc1cc(C)no1. The van der Waals surface area contributed by atoms with E-state index >= 15 is 0 Å². The minimum Gasteiger partial charge on any atom is -0.469 e. The highest BCUT2D eigenvalue weighted by Crippen LogP contribution is 2.20. The van der Waals surface area contributed by atoms with Gasteiger partial charge >= 0.3 is 5.97 Å². The molecule has 1 rings (SSSR count). The van der Waals surface area contributed by atoms with Crippen LogP contribution >= 0.6 is 11.8 Å². The van der Waals surface area contributed by atoms with Crippen molar-refractivity contribution in [1.29, 1.82) is 0 Å². The van der Waals surface area contributed by atoms with Gasteiger partial charge in [0, 0.05) is 11.3 Å². The molecule has 1 heterocycles. The van der Waals surface area contributed by atoms with Crippen LogP contribution in [0.25, 0.3) is 0 Å². The van der Waals surface area contributed by atoms with Gasteiger partial charge in [0.2, 0.25) is 0 Å². The molecule has 1 aromatic heterocycles. The average Bonchev–Trinajstić information content (AvgIpc) is 2.61. The van der Waals surface area contributed by atoms with Crippen molar-refractivity contribution >= 4 is 17.7 Å². The van der Waals surface area contributed by atoms with Gasteiger partial charge in [-0.15, -0.1) is 0 Å². The van der Waals surface area contributed by atoms with Gasteiger partial charge in [-0.25, -0.2) is 0 Å². The summed E-state index contributed by atoms with van der Waals surface area (Å²) < 4.78 is 9.65. The predicted molar refractivity (Wildman–Crippen MR) is 58.6 cm³/mol. The number of hydrogen-bond acceptors (Lipinski definition) is 5. The highest BCUT2D eigenvalue weighted by molar-refractivity contribution is 7.99. The number of rotatable bonds is 5. The van der Waals surface area contributed by atoms with E-state index in [2.05, 4.69) is 9.89 Å². The number of ether oxygens (including phenoxy) is 1. The van der Waals surface area contributed by atoms with Gasteiger partial charge in [0.1, 0.15) is 5.76 Å². The molecule has 0 aromatic carbocycles. The Morgan fingerprint density at radius 1 is 1.73 bits per heavy atom. The van der Waals surface area contributed by atoms with Crippen LogP contribution in [0.4, 0.5) is 0 Å². The number of esters is 1. The summed E-state index contributed by atoms with van der Waals surface area (Å²) in [4.78, 5) is 11.0. The molecule has 5 heteroatoms. The first-order valence-electron chi connectivity index (χ1n) is 4.72. The summed E-state index contributed by atoms with van der Waals surface area (Å²) in [6.45, 7) is 3.88. The van der Waals surface area contributed by atoms with Crippen molar-refractivity contribution in [2.45, 2.75) is 31.3 Å². The molecule has 0 aliphatic rings. The van der Waals surface area contributed by atoms with Crippen molar-refractivity contribution in [2.24, 2.45) is 0 Å². The first-order chi connectivity index (χ1) is 7.11. The number of carbonyl (C=O) groups is 1. The zero-order valence-corrected chi connectivity index (χ0v) is 9.97. The van der Waals surface area contributed by atoms with Gasteiger partial charge < -0.3 is 9.26 Å². The van der Waals surface area contributed by atoms with E-state index < -0.39 is 0 Å². The third-order valence-corrected chi connectivity index (χ3v) is 3.06. The standard InChI is InChI=1S/C10H15NO3S/c1-7-4-9(14-11-7)6-15-8(2)5-10(12)13-3/h4,8H,5-6H2,1-3H3. The molecule has 1 aromatic rings. The highest BCUT2D eigenvalue weighted by atomic mass is 32.2. The molecule has 0 N–H and O–H groups in total. The van der Waals surface area contributed by atoms with Crippen LogP contribution in [0.15, 0.2) is 10.6 Å². The van der Waals surface area contributed by atoms with E-state index in [-0.39, 0.29) is 11.2 Å². The lowest BCUT2D eigenvalue weighted by atomic mass is 10.3. The van der Waals surface area contributed by atoms with E-state index in [1.54, 1.807) is 11.8 Å². The Morgan fingerprint density at radius 2 is 2.47 bits per heavy atom. The van der Waals surface area contributed by atoms with Crippen LogP contribution in [0, 0.1) is 6.92 Å². The number of hydrogen-bond donors (Lipinski definition) is 0. The van der Waals surface area contributed by atoms with Gasteiger partial charge in [0.25, 0.3) is 0 Å². The Balaban J connectivity index is 2.28. The Bertz CT molecular complexity index is 324. The summed E-state index contributed by atoms with van der Waals surface area (Å²) in [6, 6.07) is 1.90. The summed E-state index contributed by atoms with van der Waals surface area (Å²) in [5, 5.41) is 4.02. The van der Waals surface area contributed by atoms with Crippen LogP contribution in [0.1, 0.15) is 24.8 Å².